The van der Waals surface area contributed by atoms with Crippen LogP contribution in [0.3, 0.4) is 0 Å². The number of ether oxygens (including phenoxy) is 1. The molecular weight excluding hydrogens is 469 g/mol. The monoisotopic (exact) mass is 518 g/mol. The van der Waals surface area contributed by atoms with Crippen molar-refractivity contribution in [2.45, 2.75) is 104 Å². The lowest BCUT2D eigenvalue weighted by Gasteiger charge is -2.73. The Labute approximate surface area is 208 Å². The molecule has 4 atom stereocenters. The maximum atomic E-state index is 7.70. The van der Waals surface area contributed by atoms with Gasteiger partial charge in [0.05, 0.1) is 11.3 Å². The van der Waals surface area contributed by atoms with E-state index < -0.39 is 30.6 Å². The number of rotatable bonds is 7. The molecule has 0 N–H and O–H groups in total. The second-order valence-electron chi connectivity index (χ2n) is 14.8. The highest BCUT2D eigenvalue weighted by atomic mass is 29.6. The molecule has 3 rings (SSSR count). The normalized spacial score (nSPS) is 32.2. The zero-order chi connectivity index (χ0) is 25.5. The zero-order valence-corrected chi connectivity index (χ0v) is 27.9. The molecule has 1 fully saturated rings. The fourth-order valence-electron chi connectivity index (χ4n) is 7.80. The van der Waals surface area contributed by atoms with Crippen LogP contribution in [0.15, 0.2) is 41.6 Å². The summed E-state index contributed by atoms with van der Waals surface area (Å²) in [7, 11) is -4.94. The smallest absolute Gasteiger partial charge is 0.184 e. The van der Waals surface area contributed by atoms with Crippen molar-refractivity contribution in [1.82, 2.24) is 0 Å². The minimum absolute atomic E-state index is 0.00116. The van der Waals surface area contributed by atoms with Crippen molar-refractivity contribution in [2.75, 3.05) is 7.11 Å². The summed E-state index contributed by atoms with van der Waals surface area (Å²) < 4.78 is 13.9. The molecule has 186 valence electrons. The van der Waals surface area contributed by atoms with E-state index in [-0.39, 0.29) is 22.2 Å². The molecule has 1 aliphatic carbocycles. The molecule has 0 bridgehead atoms. The van der Waals surface area contributed by atoms with Crippen LogP contribution in [0.1, 0.15) is 39.2 Å². The number of methoxy groups -OCH3 is 1. The van der Waals surface area contributed by atoms with Gasteiger partial charge in [-0.25, -0.2) is 0 Å². The summed E-state index contributed by atoms with van der Waals surface area (Å²) in [6, 6.07) is 11.1. The van der Waals surface area contributed by atoms with Crippen LogP contribution in [-0.2, 0) is 9.16 Å². The first kappa shape index (κ1) is 27.3. The van der Waals surface area contributed by atoms with Crippen LogP contribution < -0.4 is 0 Å². The van der Waals surface area contributed by atoms with Gasteiger partial charge in [0, 0.05) is 33.6 Å². The molecule has 1 aromatic carbocycles. The largest absolute Gasteiger partial charge is 0.411 e. The van der Waals surface area contributed by atoms with Crippen LogP contribution in [0.2, 0.25) is 58.9 Å². The van der Waals surface area contributed by atoms with Gasteiger partial charge < -0.3 is 9.16 Å². The van der Waals surface area contributed by atoms with Gasteiger partial charge in [-0.3, -0.25) is 0 Å². The minimum atomic E-state index is -1.90. The fourth-order valence-corrected chi connectivity index (χ4v) is 59.6. The van der Waals surface area contributed by atoms with Crippen molar-refractivity contribution in [3.05, 3.63) is 47.2 Å². The number of benzene rings is 1. The Balaban J connectivity index is 2.37. The summed E-state index contributed by atoms with van der Waals surface area (Å²) in [6.45, 7) is 33.0. The van der Waals surface area contributed by atoms with Gasteiger partial charge in [-0.05, 0) is 36.2 Å². The minimum Gasteiger partial charge on any atom is -0.411 e. The summed E-state index contributed by atoms with van der Waals surface area (Å²) >= 11 is 0. The van der Waals surface area contributed by atoms with E-state index in [1.807, 2.05) is 7.11 Å². The first-order valence-electron chi connectivity index (χ1n) is 12.7. The summed E-state index contributed by atoms with van der Waals surface area (Å²) in [5.74, 6) is 0.400. The highest BCUT2D eigenvalue weighted by Gasteiger charge is 2.82. The average molecular weight is 519 g/mol. The molecule has 1 aliphatic heterocycles. The average Bonchev–Trinajstić information content (AvgIpc) is 3.20. The third kappa shape index (κ3) is 3.73. The van der Waals surface area contributed by atoms with Crippen molar-refractivity contribution >= 4 is 30.6 Å². The van der Waals surface area contributed by atoms with Gasteiger partial charge in [0.25, 0.3) is 0 Å². The van der Waals surface area contributed by atoms with Crippen LogP contribution in [0, 0.1) is 10.8 Å². The Morgan fingerprint density at radius 2 is 1.33 bits per heavy atom. The summed E-state index contributed by atoms with van der Waals surface area (Å²) in [5.41, 5.74) is 5.96. The summed E-state index contributed by atoms with van der Waals surface area (Å²) in [4.78, 5) is 0. The second-order valence-corrected chi connectivity index (χ2v) is 46.1. The molecule has 33 heavy (non-hydrogen) atoms. The fraction of sp³-hybridized carbons (Fsp3) is 0.704. The molecule has 1 saturated carbocycles. The van der Waals surface area contributed by atoms with Gasteiger partial charge in [0.2, 0.25) is 0 Å². The van der Waals surface area contributed by atoms with E-state index in [2.05, 4.69) is 123 Å². The Morgan fingerprint density at radius 3 is 1.70 bits per heavy atom. The van der Waals surface area contributed by atoms with Gasteiger partial charge in [-0.1, -0.05) is 103 Å². The highest BCUT2D eigenvalue weighted by Crippen LogP contribution is 2.74. The maximum absolute atomic E-state index is 7.70. The predicted molar refractivity (Wildman–Crippen MR) is 155 cm³/mol. The molecule has 0 saturated heterocycles. The van der Waals surface area contributed by atoms with Crippen molar-refractivity contribution in [1.29, 1.82) is 0 Å². The molecule has 0 radical (unpaired) electrons. The van der Waals surface area contributed by atoms with E-state index in [0.29, 0.717) is 5.92 Å². The lowest BCUT2D eigenvalue weighted by atomic mass is 9.76. The third-order valence-corrected chi connectivity index (χ3v) is 48.1. The summed E-state index contributed by atoms with van der Waals surface area (Å²) in [6.07, 6.45) is 0.216. The van der Waals surface area contributed by atoms with Gasteiger partial charge in [-0.15, -0.1) is 0 Å². The second kappa shape index (κ2) is 7.87. The molecule has 0 amide bonds. The van der Waals surface area contributed by atoms with E-state index in [0.717, 1.165) is 0 Å². The lowest BCUT2D eigenvalue weighted by Crippen LogP contribution is -2.91. The molecule has 2 nitrogen and oxygen atoms in total. The van der Waals surface area contributed by atoms with Crippen molar-refractivity contribution in [3.8, 4) is 0 Å². The molecule has 0 spiro atoms. The topological polar surface area (TPSA) is 18.5 Å². The van der Waals surface area contributed by atoms with Crippen LogP contribution in [0.5, 0.6) is 0 Å². The van der Waals surface area contributed by atoms with Crippen molar-refractivity contribution in [2.24, 2.45) is 10.8 Å². The van der Waals surface area contributed by atoms with Crippen LogP contribution in [0.25, 0.3) is 0 Å². The zero-order valence-electron chi connectivity index (χ0n) is 23.9. The first-order chi connectivity index (χ1) is 14.7. The van der Waals surface area contributed by atoms with Gasteiger partial charge in [0.1, 0.15) is 7.11 Å². The van der Waals surface area contributed by atoms with E-state index in [9.17, 15) is 0 Å². The standard InChI is InChI=1S/C27H50O2Si4/c1-25(2,3)27(29-30(6,7)8)22(20-33(27,31(9,10)11)32(12,13)14)26(4)23(24(26)28-5)21-18-16-15-17-19-21/h15-20,23-24H,1-14H3/t23-,24?,26+,27?/m1/s1. The Bertz CT molecular complexity index is 901. The van der Waals surface area contributed by atoms with Crippen LogP contribution in [0.4, 0.5) is 0 Å². The molecule has 0 aromatic heterocycles. The van der Waals surface area contributed by atoms with Gasteiger partial charge in [0.15, 0.2) is 8.32 Å². The molecular formula is C27H50O2Si4. The molecule has 2 aliphatic rings. The lowest BCUT2D eigenvalue weighted by molar-refractivity contribution is 0.0381. The SMILES string of the molecule is COC1[C@@H](c2ccccc2)[C@]1(C)C1=C[Si]([Si](C)(C)C)([Si](C)(C)C)C1(O[Si](C)(C)C)C(C)(C)C. The Kier molecular flexibility index (Phi) is 6.52. The van der Waals surface area contributed by atoms with Crippen molar-refractivity contribution in [3.63, 3.8) is 0 Å². The van der Waals surface area contributed by atoms with Crippen molar-refractivity contribution < 1.29 is 9.16 Å². The van der Waals surface area contributed by atoms with Crippen LogP contribution >= 0.6 is 0 Å². The highest BCUT2D eigenvalue weighted by molar-refractivity contribution is 7.72. The maximum Gasteiger partial charge on any atom is 0.184 e. The van der Waals surface area contributed by atoms with Gasteiger partial charge >= 0.3 is 0 Å². The van der Waals surface area contributed by atoms with E-state index in [1.54, 1.807) is 5.57 Å². The quantitative estimate of drug-likeness (QED) is 0.344. The molecule has 1 heterocycles. The Morgan fingerprint density at radius 1 is 0.848 bits per heavy atom. The van der Waals surface area contributed by atoms with E-state index in [1.165, 1.54) is 5.56 Å². The molecule has 1 aromatic rings. The summed E-state index contributed by atoms with van der Waals surface area (Å²) in [5, 5.41) is -0.117. The van der Waals surface area contributed by atoms with E-state index in [4.69, 9.17) is 9.16 Å². The number of hydrogen-bond donors (Lipinski definition) is 0. The number of hydrogen-bond acceptors (Lipinski definition) is 2. The molecule has 2 unspecified atom stereocenters. The first-order valence-corrected chi connectivity index (χ1v) is 27.2. The third-order valence-electron chi connectivity index (χ3n) is 8.60. The Hall–Kier alpha value is -0.252. The van der Waals surface area contributed by atoms with Crippen LogP contribution in [-0.4, -0.2) is 49.0 Å². The molecule has 6 heteroatoms. The predicted octanol–water partition coefficient (Wildman–Crippen LogP) is 7.74. The van der Waals surface area contributed by atoms with Gasteiger partial charge in [-0.2, -0.15) is 0 Å². The van der Waals surface area contributed by atoms with E-state index >= 15 is 0 Å².